The van der Waals surface area contributed by atoms with E-state index >= 15 is 0 Å². The first-order chi connectivity index (χ1) is 16.4. The summed E-state index contributed by atoms with van der Waals surface area (Å²) in [6, 6.07) is 1.50. The summed E-state index contributed by atoms with van der Waals surface area (Å²) in [4.78, 5) is 13.9. The van der Waals surface area contributed by atoms with Crippen LogP contribution < -0.4 is 4.74 Å². The summed E-state index contributed by atoms with van der Waals surface area (Å²) in [5.41, 5.74) is 4.19. The molecule has 5 heteroatoms. The van der Waals surface area contributed by atoms with Crippen molar-refractivity contribution in [1.29, 1.82) is 0 Å². The smallest absolute Gasteiger partial charge is 0.208 e. The van der Waals surface area contributed by atoms with Gasteiger partial charge < -0.3 is 19.7 Å². The van der Waals surface area contributed by atoms with Gasteiger partial charge in [0.25, 0.3) is 0 Å². The van der Waals surface area contributed by atoms with Gasteiger partial charge in [0.15, 0.2) is 5.76 Å². The predicted molar refractivity (Wildman–Crippen MR) is 140 cm³/mol. The summed E-state index contributed by atoms with van der Waals surface area (Å²) in [6.07, 6.45) is 8.82. The van der Waals surface area contributed by atoms with Crippen molar-refractivity contribution in [3.8, 4) is 17.2 Å². The first-order valence-electron chi connectivity index (χ1n) is 11.8. The van der Waals surface area contributed by atoms with Crippen LogP contribution in [0.1, 0.15) is 65.5 Å². The second-order valence-corrected chi connectivity index (χ2v) is 10.00. The van der Waals surface area contributed by atoms with Crippen LogP contribution in [0.5, 0.6) is 17.2 Å². The minimum absolute atomic E-state index is 0.0567. The minimum Gasteiger partial charge on any atom is -0.507 e. The highest BCUT2D eigenvalue weighted by Gasteiger charge is 2.50. The van der Waals surface area contributed by atoms with Crippen LogP contribution >= 0.6 is 0 Å². The normalized spacial score (nSPS) is 15.9. The number of carbonyl (C=O) groups is 1. The lowest BCUT2D eigenvalue weighted by Gasteiger charge is -2.41. The van der Waals surface area contributed by atoms with E-state index in [-0.39, 0.29) is 23.0 Å². The predicted octanol–water partition coefficient (Wildman–Crippen LogP) is 7.08. The van der Waals surface area contributed by atoms with Crippen LogP contribution in [-0.2, 0) is 16.0 Å². The zero-order valence-corrected chi connectivity index (χ0v) is 21.8. The van der Waals surface area contributed by atoms with Crippen molar-refractivity contribution in [2.24, 2.45) is 5.41 Å². The zero-order chi connectivity index (χ0) is 26.1. The van der Waals surface area contributed by atoms with Crippen molar-refractivity contribution in [2.45, 2.75) is 60.8 Å². The molecule has 0 amide bonds. The van der Waals surface area contributed by atoms with Crippen molar-refractivity contribution in [2.75, 3.05) is 7.11 Å². The Morgan fingerprint density at radius 3 is 2.11 bits per heavy atom. The van der Waals surface area contributed by atoms with Gasteiger partial charge in [0.1, 0.15) is 23.0 Å². The van der Waals surface area contributed by atoms with E-state index in [2.05, 4.69) is 6.58 Å². The number of rotatable bonds is 7. The summed E-state index contributed by atoms with van der Waals surface area (Å²) >= 11 is 0. The molecule has 0 bridgehead atoms. The number of hydrogen-bond acceptors (Lipinski definition) is 5. The highest BCUT2D eigenvalue weighted by molar-refractivity contribution is 6.07. The van der Waals surface area contributed by atoms with Gasteiger partial charge in [-0.3, -0.25) is 4.79 Å². The number of Topliss-reactive ketones (excluding diaryl/α,β-unsaturated/α-hetero) is 1. The lowest BCUT2D eigenvalue weighted by atomic mass is 9.64. The van der Waals surface area contributed by atoms with E-state index in [0.717, 1.165) is 16.7 Å². The number of phenols is 2. The van der Waals surface area contributed by atoms with Crippen LogP contribution in [0.2, 0.25) is 0 Å². The zero-order valence-electron chi connectivity index (χ0n) is 21.8. The number of fused-ring (bicyclic) bond motifs is 1. The molecular formula is C30H36O5. The van der Waals surface area contributed by atoms with E-state index in [1.54, 1.807) is 6.08 Å². The minimum atomic E-state index is -1.01. The molecule has 1 aliphatic carbocycles. The van der Waals surface area contributed by atoms with Crippen molar-refractivity contribution >= 4 is 11.4 Å². The third kappa shape index (κ3) is 4.86. The molecule has 1 heterocycles. The molecule has 3 rings (SSSR count). The largest absolute Gasteiger partial charge is 0.507 e. The van der Waals surface area contributed by atoms with Gasteiger partial charge in [-0.25, -0.2) is 0 Å². The Balaban J connectivity index is 2.30. The van der Waals surface area contributed by atoms with Crippen molar-refractivity contribution < 1.29 is 24.5 Å². The maximum absolute atomic E-state index is 13.9. The Morgan fingerprint density at radius 2 is 1.60 bits per heavy atom. The van der Waals surface area contributed by atoms with Crippen molar-refractivity contribution in [3.05, 3.63) is 81.9 Å². The fraction of sp³-hybridized carbons (Fsp3) is 0.367. The Kier molecular flexibility index (Phi) is 7.49. The number of allylic oxidation sites excluding steroid dienone is 10. The van der Waals surface area contributed by atoms with Crippen LogP contribution in [0.4, 0.5) is 0 Å². The summed E-state index contributed by atoms with van der Waals surface area (Å²) in [5.74, 6) is 0.659. The average molecular weight is 477 g/mol. The van der Waals surface area contributed by atoms with E-state index in [1.807, 2.05) is 59.8 Å². The molecule has 1 aromatic rings. The van der Waals surface area contributed by atoms with Crippen molar-refractivity contribution in [3.63, 3.8) is 0 Å². The van der Waals surface area contributed by atoms with Gasteiger partial charge in [-0.05, 0) is 66.4 Å². The molecule has 0 spiro atoms. The number of benzene rings is 1. The monoisotopic (exact) mass is 476 g/mol. The SMILES string of the molecule is C=C1C2=C(C=C(OC)C(=O)C2(CC=C(C)C)CC=C(C)C)Oc2cc(O)c(CC=C(C)C)c(O)c21. The van der Waals surface area contributed by atoms with Crippen LogP contribution in [-0.4, -0.2) is 23.1 Å². The molecule has 0 saturated heterocycles. The molecule has 0 aromatic heterocycles. The molecule has 35 heavy (non-hydrogen) atoms. The number of ether oxygens (including phenoxy) is 2. The van der Waals surface area contributed by atoms with Gasteiger partial charge in [-0.15, -0.1) is 0 Å². The van der Waals surface area contributed by atoms with Gasteiger partial charge in [-0.1, -0.05) is 41.5 Å². The molecular weight excluding hydrogens is 440 g/mol. The highest BCUT2D eigenvalue weighted by Crippen LogP contribution is 2.56. The van der Waals surface area contributed by atoms with Gasteiger partial charge in [0.05, 0.1) is 18.1 Å². The Labute approximate surface area is 208 Å². The number of carbonyl (C=O) groups excluding carboxylic acids is 1. The van der Waals surface area contributed by atoms with Gasteiger partial charge in [0.2, 0.25) is 5.78 Å². The van der Waals surface area contributed by atoms with Gasteiger partial charge in [-0.2, -0.15) is 0 Å². The fourth-order valence-corrected chi connectivity index (χ4v) is 4.54. The van der Waals surface area contributed by atoms with E-state index in [4.69, 9.17) is 9.47 Å². The first-order valence-corrected chi connectivity index (χ1v) is 11.8. The van der Waals surface area contributed by atoms with E-state index in [9.17, 15) is 15.0 Å². The third-order valence-corrected chi connectivity index (χ3v) is 6.47. The van der Waals surface area contributed by atoms with Crippen LogP contribution in [0.15, 0.2) is 70.8 Å². The summed E-state index contributed by atoms with van der Waals surface area (Å²) in [7, 11) is 1.47. The number of ketones is 1. The van der Waals surface area contributed by atoms with Crippen LogP contribution in [0.25, 0.3) is 5.57 Å². The Bertz CT molecular complexity index is 1200. The highest BCUT2D eigenvalue weighted by atomic mass is 16.5. The molecule has 0 unspecified atom stereocenters. The molecule has 2 aliphatic rings. The number of phenolic OH excluding ortho intramolecular Hbond substituents is 2. The second-order valence-electron chi connectivity index (χ2n) is 10.00. The Morgan fingerprint density at radius 1 is 1.03 bits per heavy atom. The first kappa shape index (κ1) is 26.1. The van der Waals surface area contributed by atoms with E-state index < -0.39 is 5.41 Å². The van der Waals surface area contributed by atoms with E-state index in [1.165, 1.54) is 13.2 Å². The molecule has 0 saturated carbocycles. The third-order valence-electron chi connectivity index (χ3n) is 6.47. The summed E-state index contributed by atoms with van der Waals surface area (Å²) in [6.45, 7) is 16.2. The molecule has 1 aromatic carbocycles. The van der Waals surface area contributed by atoms with Crippen molar-refractivity contribution in [1.82, 2.24) is 0 Å². The summed E-state index contributed by atoms with van der Waals surface area (Å²) < 4.78 is 11.7. The van der Waals surface area contributed by atoms with Crippen LogP contribution in [0, 0.1) is 5.41 Å². The molecule has 0 radical (unpaired) electrons. The molecule has 1 aliphatic heterocycles. The van der Waals surface area contributed by atoms with Gasteiger partial charge in [0, 0.05) is 23.3 Å². The molecule has 0 fully saturated rings. The molecule has 186 valence electrons. The van der Waals surface area contributed by atoms with Gasteiger partial charge >= 0.3 is 0 Å². The number of aromatic hydroxyl groups is 2. The summed E-state index contributed by atoms with van der Waals surface area (Å²) in [5, 5.41) is 21.9. The van der Waals surface area contributed by atoms with E-state index in [0.29, 0.717) is 53.0 Å². The second kappa shape index (κ2) is 10.0. The lowest BCUT2D eigenvalue weighted by molar-refractivity contribution is -0.126. The standard InChI is InChI=1S/C30H36O5/c1-17(2)9-10-21-22(31)15-23-26(28(21)32)20(7)27-24(35-23)16-25(34-8)29(33)30(27,13-11-18(3)4)14-12-19(5)6/h9,11-12,15-16,31-32H,7,10,13-14H2,1-6,8H3. The molecule has 2 N–H and O–H groups in total. The fourth-order valence-electron chi connectivity index (χ4n) is 4.54. The number of hydrogen-bond donors (Lipinski definition) is 2. The maximum atomic E-state index is 13.9. The molecule has 5 nitrogen and oxygen atoms in total. The number of methoxy groups -OCH3 is 1. The quantitative estimate of drug-likeness (QED) is 0.411. The van der Waals surface area contributed by atoms with Crippen LogP contribution in [0.3, 0.4) is 0 Å². The molecule has 0 atom stereocenters. The lowest BCUT2D eigenvalue weighted by Crippen LogP contribution is -2.39. The maximum Gasteiger partial charge on any atom is 0.208 e. The topological polar surface area (TPSA) is 76.0 Å². The Hall–Kier alpha value is -3.47. The average Bonchev–Trinajstić information content (AvgIpc) is 2.76.